The van der Waals surface area contributed by atoms with Crippen LogP contribution in [0.4, 0.5) is 5.69 Å². The molecule has 1 saturated carbocycles. The standard InChI is InChI=1S/C26H25NO3/c28-24-16-22(19-30-18-21-12-6-2-7-13-21)25(24)26(29)27(23-14-8-3-9-15-23)17-20-10-4-1-5-11-20/h1-15,22,25H,16-19H2/t22-,25-/m0/s1. The van der Waals surface area contributed by atoms with Crippen molar-refractivity contribution in [1.29, 1.82) is 0 Å². The number of ether oxygens (including phenoxy) is 1. The van der Waals surface area contributed by atoms with Gasteiger partial charge in [0.05, 0.1) is 19.8 Å². The molecule has 1 aliphatic carbocycles. The van der Waals surface area contributed by atoms with Gasteiger partial charge < -0.3 is 9.64 Å². The first-order valence-electron chi connectivity index (χ1n) is 10.3. The van der Waals surface area contributed by atoms with Crippen LogP contribution in [0, 0.1) is 11.8 Å². The van der Waals surface area contributed by atoms with E-state index in [2.05, 4.69) is 0 Å². The van der Waals surface area contributed by atoms with Crippen LogP contribution in [0.2, 0.25) is 0 Å². The number of carbonyl (C=O) groups is 2. The first-order chi connectivity index (χ1) is 14.7. The summed E-state index contributed by atoms with van der Waals surface area (Å²) in [6.45, 7) is 1.33. The number of benzene rings is 3. The minimum absolute atomic E-state index is 0.00213. The Kier molecular flexibility index (Phi) is 6.35. The summed E-state index contributed by atoms with van der Waals surface area (Å²) in [5.74, 6) is -0.850. The van der Waals surface area contributed by atoms with Gasteiger partial charge in [-0.2, -0.15) is 0 Å². The molecule has 0 aromatic heterocycles. The molecule has 30 heavy (non-hydrogen) atoms. The molecule has 0 spiro atoms. The molecule has 0 radical (unpaired) electrons. The molecular weight excluding hydrogens is 374 g/mol. The van der Waals surface area contributed by atoms with Crippen molar-refractivity contribution < 1.29 is 14.3 Å². The number of nitrogens with zero attached hydrogens (tertiary/aromatic N) is 1. The average Bonchev–Trinajstić information content (AvgIpc) is 2.78. The van der Waals surface area contributed by atoms with E-state index < -0.39 is 5.92 Å². The Morgan fingerprint density at radius 2 is 1.40 bits per heavy atom. The highest BCUT2D eigenvalue weighted by Gasteiger charge is 2.46. The third-order valence-corrected chi connectivity index (χ3v) is 5.51. The summed E-state index contributed by atoms with van der Waals surface area (Å²) in [4.78, 5) is 27.6. The molecule has 0 bridgehead atoms. The molecule has 4 nitrogen and oxygen atoms in total. The van der Waals surface area contributed by atoms with Crippen molar-refractivity contribution in [2.75, 3.05) is 11.5 Å². The Hall–Kier alpha value is -3.24. The molecule has 3 aromatic carbocycles. The van der Waals surface area contributed by atoms with Crippen molar-refractivity contribution in [2.24, 2.45) is 11.8 Å². The molecule has 0 heterocycles. The number of carbonyl (C=O) groups excluding carboxylic acids is 2. The van der Waals surface area contributed by atoms with E-state index in [0.29, 0.717) is 26.2 Å². The summed E-state index contributed by atoms with van der Waals surface area (Å²) in [6, 6.07) is 29.3. The second kappa shape index (κ2) is 9.51. The Bertz CT molecular complexity index is 973. The van der Waals surface area contributed by atoms with E-state index in [-0.39, 0.29) is 17.6 Å². The Labute approximate surface area is 177 Å². The average molecular weight is 399 g/mol. The van der Waals surface area contributed by atoms with Crippen molar-refractivity contribution in [1.82, 2.24) is 0 Å². The van der Waals surface area contributed by atoms with E-state index in [9.17, 15) is 9.59 Å². The highest BCUT2D eigenvalue weighted by molar-refractivity contribution is 6.12. The zero-order valence-corrected chi connectivity index (χ0v) is 16.8. The van der Waals surface area contributed by atoms with Gasteiger partial charge in [-0.15, -0.1) is 0 Å². The van der Waals surface area contributed by atoms with Crippen LogP contribution >= 0.6 is 0 Å². The quantitative estimate of drug-likeness (QED) is 0.519. The van der Waals surface area contributed by atoms with Crippen molar-refractivity contribution >= 4 is 17.4 Å². The van der Waals surface area contributed by atoms with E-state index in [1.165, 1.54) is 0 Å². The van der Waals surface area contributed by atoms with Crippen LogP contribution in [-0.2, 0) is 27.5 Å². The molecule has 0 N–H and O–H groups in total. The highest BCUT2D eigenvalue weighted by Crippen LogP contribution is 2.34. The minimum atomic E-state index is -0.635. The lowest BCUT2D eigenvalue weighted by Crippen LogP contribution is -2.51. The van der Waals surface area contributed by atoms with Gasteiger partial charge in [0.2, 0.25) is 5.91 Å². The Balaban J connectivity index is 1.46. The predicted molar refractivity (Wildman–Crippen MR) is 117 cm³/mol. The van der Waals surface area contributed by atoms with Gasteiger partial charge in [-0.1, -0.05) is 78.9 Å². The van der Waals surface area contributed by atoms with Gasteiger partial charge in [0.25, 0.3) is 0 Å². The number of ketones is 1. The van der Waals surface area contributed by atoms with Gasteiger partial charge >= 0.3 is 0 Å². The van der Waals surface area contributed by atoms with E-state index in [1.54, 1.807) is 4.90 Å². The van der Waals surface area contributed by atoms with Gasteiger partial charge in [0.1, 0.15) is 11.7 Å². The zero-order chi connectivity index (χ0) is 20.8. The van der Waals surface area contributed by atoms with Crippen LogP contribution in [0.25, 0.3) is 0 Å². The summed E-state index contributed by atoms with van der Waals surface area (Å²) in [6.07, 6.45) is 0.402. The van der Waals surface area contributed by atoms with Crippen LogP contribution in [-0.4, -0.2) is 18.3 Å². The van der Waals surface area contributed by atoms with Crippen LogP contribution in [0.1, 0.15) is 17.5 Å². The lowest BCUT2D eigenvalue weighted by Gasteiger charge is -2.37. The molecule has 0 unspecified atom stereocenters. The number of para-hydroxylation sites is 1. The molecule has 1 aliphatic rings. The predicted octanol–water partition coefficient (Wildman–Crippen LogP) is 4.64. The normalized spacial score (nSPS) is 17.9. The lowest BCUT2D eigenvalue weighted by atomic mass is 9.72. The number of anilines is 1. The maximum atomic E-state index is 13.4. The fraction of sp³-hybridized carbons (Fsp3) is 0.231. The molecule has 1 amide bonds. The van der Waals surface area contributed by atoms with Crippen molar-refractivity contribution in [2.45, 2.75) is 19.6 Å². The molecule has 0 aliphatic heterocycles. The zero-order valence-electron chi connectivity index (χ0n) is 16.8. The maximum Gasteiger partial charge on any atom is 0.238 e. The number of hydrogen-bond acceptors (Lipinski definition) is 3. The van der Waals surface area contributed by atoms with Gasteiger partial charge in [-0.3, -0.25) is 9.59 Å². The SMILES string of the molecule is O=C1C[C@@H](COCc2ccccc2)[C@@H]1C(=O)N(Cc1ccccc1)c1ccccc1. The third-order valence-electron chi connectivity index (χ3n) is 5.51. The fourth-order valence-corrected chi connectivity index (χ4v) is 3.84. The smallest absolute Gasteiger partial charge is 0.238 e. The number of hydrogen-bond donors (Lipinski definition) is 0. The molecule has 0 saturated heterocycles. The molecule has 1 fully saturated rings. The monoisotopic (exact) mass is 399 g/mol. The van der Waals surface area contributed by atoms with Crippen molar-refractivity contribution in [3.63, 3.8) is 0 Å². The second-order valence-electron chi connectivity index (χ2n) is 7.65. The topological polar surface area (TPSA) is 46.6 Å². The molecule has 152 valence electrons. The molecule has 4 heteroatoms. The third kappa shape index (κ3) is 4.66. The van der Waals surface area contributed by atoms with Crippen molar-refractivity contribution in [3.8, 4) is 0 Å². The second-order valence-corrected chi connectivity index (χ2v) is 7.65. The van der Waals surface area contributed by atoms with Crippen LogP contribution in [0.3, 0.4) is 0 Å². The van der Waals surface area contributed by atoms with E-state index in [0.717, 1.165) is 16.8 Å². The maximum absolute atomic E-state index is 13.4. The first-order valence-corrected chi connectivity index (χ1v) is 10.3. The molecule has 2 atom stereocenters. The van der Waals surface area contributed by atoms with Gasteiger partial charge in [0, 0.05) is 18.0 Å². The minimum Gasteiger partial charge on any atom is -0.376 e. The van der Waals surface area contributed by atoms with E-state index in [4.69, 9.17) is 4.74 Å². The fourth-order valence-electron chi connectivity index (χ4n) is 3.84. The lowest BCUT2D eigenvalue weighted by molar-refractivity contribution is -0.146. The van der Waals surface area contributed by atoms with E-state index >= 15 is 0 Å². The summed E-state index contributed by atoms with van der Waals surface area (Å²) >= 11 is 0. The Morgan fingerprint density at radius 3 is 2.00 bits per heavy atom. The number of Topliss-reactive ketones (excluding diaryl/α,β-unsaturated/α-hetero) is 1. The van der Waals surface area contributed by atoms with Gasteiger partial charge in [0.15, 0.2) is 0 Å². The Morgan fingerprint density at radius 1 is 0.833 bits per heavy atom. The molecule has 3 aromatic rings. The van der Waals surface area contributed by atoms with Crippen molar-refractivity contribution in [3.05, 3.63) is 102 Å². The number of amides is 1. The highest BCUT2D eigenvalue weighted by atomic mass is 16.5. The summed E-state index contributed by atoms with van der Waals surface area (Å²) in [5, 5.41) is 0. The van der Waals surface area contributed by atoms with Crippen LogP contribution in [0.15, 0.2) is 91.0 Å². The summed E-state index contributed by atoms with van der Waals surface area (Å²) in [5.41, 5.74) is 2.91. The largest absolute Gasteiger partial charge is 0.376 e. The van der Waals surface area contributed by atoms with Crippen LogP contribution in [0.5, 0.6) is 0 Å². The first kappa shape index (κ1) is 20.0. The number of rotatable bonds is 8. The molecular formula is C26H25NO3. The molecule has 4 rings (SSSR count). The van der Waals surface area contributed by atoms with Crippen LogP contribution < -0.4 is 4.90 Å². The van der Waals surface area contributed by atoms with Gasteiger partial charge in [-0.25, -0.2) is 0 Å². The van der Waals surface area contributed by atoms with Gasteiger partial charge in [-0.05, 0) is 23.3 Å². The summed E-state index contributed by atoms with van der Waals surface area (Å²) in [7, 11) is 0. The summed E-state index contributed by atoms with van der Waals surface area (Å²) < 4.78 is 5.83. The van der Waals surface area contributed by atoms with E-state index in [1.807, 2.05) is 91.0 Å².